The van der Waals surface area contributed by atoms with Crippen LogP contribution in [-0.4, -0.2) is 13.7 Å². The van der Waals surface area contributed by atoms with Crippen molar-refractivity contribution >= 4 is 38.5 Å². The van der Waals surface area contributed by atoms with Gasteiger partial charge in [0.05, 0.1) is 12.6 Å². The van der Waals surface area contributed by atoms with Crippen LogP contribution < -0.4 is 10.1 Å². The summed E-state index contributed by atoms with van der Waals surface area (Å²) < 4.78 is 8.05. The Hall–Kier alpha value is -0.590. The van der Waals surface area contributed by atoms with Gasteiger partial charge >= 0.3 is 0 Å². The van der Waals surface area contributed by atoms with Crippen LogP contribution in [0.4, 0.5) is 0 Å². The Bertz CT molecular complexity index is 571. The maximum atomic E-state index is 5.76. The van der Waals surface area contributed by atoms with Crippen LogP contribution in [0.3, 0.4) is 0 Å². The molecule has 0 bridgehead atoms. The van der Waals surface area contributed by atoms with Gasteiger partial charge in [-0.05, 0) is 72.5 Å². The lowest BCUT2D eigenvalue weighted by Crippen LogP contribution is -2.18. The topological polar surface area (TPSA) is 21.3 Å². The van der Waals surface area contributed by atoms with Gasteiger partial charge in [0, 0.05) is 13.6 Å². The lowest BCUT2D eigenvalue weighted by atomic mass is 9.98. The number of rotatable bonds is 5. The Kier molecular flexibility index (Phi) is 5.86. The molecule has 20 heavy (non-hydrogen) atoms. The van der Waals surface area contributed by atoms with Crippen molar-refractivity contribution in [1.82, 2.24) is 5.32 Å². The summed E-state index contributed by atoms with van der Waals surface area (Å²) in [4.78, 5) is 0. The van der Waals surface area contributed by atoms with Crippen molar-refractivity contribution in [3.8, 4) is 5.75 Å². The number of hydrogen-bond acceptors (Lipinski definition) is 2. The zero-order chi connectivity index (χ0) is 14.5. The van der Waals surface area contributed by atoms with Crippen molar-refractivity contribution in [2.24, 2.45) is 0 Å². The second kappa shape index (κ2) is 7.43. The molecule has 0 fully saturated rings. The van der Waals surface area contributed by atoms with Gasteiger partial charge in [-0.2, -0.15) is 0 Å². The summed E-state index contributed by atoms with van der Waals surface area (Å²) in [5, 5.41) is 3.38. The molecule has 2 aromatic rings. The highest BCUT2D eigenvalue weighted by Crippen LogP contribution is 2.32. The van der Waals surface area contributed by atoms with Crippen molar-refractivity contribution in [2.75, 3.05) is 13.7 Å². The highest BCUT2D eigenvalue weighted by atomic mass is 127. The molecule has 2 nitrogen and oxygen atoms in total. The number of hydrogen-bond donors (Lipinski definition) is 1. The molecular formula is C16H17BrINO. The first kappa shape index (κ1) is 15.8. The molecule has 0 aliphatic carbocycles. The van der Waals surface area contributed by atoms with E-state index in [1.165, 1.54) is 9.13 Å². The van der Waals surface area contributed by atoms with E-state index in [9.17, 15) is 0 Å². The summed E-state index contributed by atoms with van der Waals surface area (Å²) in [5.74, 6) is 0.925. The summed E-state index contributed by atoms with van der Waals surface area (Å²) in [6.45, 7) is 2.67. The molecule has 0 spiro atoms. The molecular weight excluding hydrogens is 429 g/mol. The predicted molar refractivity (Wildman–Crippen MR) is 95.4 cm³/mol. The molecule has 106 valence electrons. The molecule has 0 aliphatic heterocycles. The van der Waals surface area contributed by atoms with E-state index < -0.39 is 0 Å². The first-order chi connectivity index (χ1) is 9.65. The Balaban J connectivity index is 2.45. The number of nitrogens with one attached hydrogen (secondary N) is 1. The molecule has 2 aromatic carbocycles. The van der Waals surface area contributed by atoms with E-state index in [1.54, 1.807) is 0 Å². The van der Waals surface area contributed by atoms with Crippen LogP contribution in [0.25, 0.3) is 0 Å². The normalized spacial score (nSPS) is 12.2. The molecule has 1 unspecified atom stereocenters. The summed E-state index contributed by atoms with van der Waals surface area (Å²) in [5.41, 5.74) is 2.37. The Morgan fingerprint density at radius 3 is 2.50 bits per heavy atom. The van der Waals surface area contributed by atoms with E-state index in [0.29, 0.717) is 6.61 Å². The fourth-order valence-electron chi connectivity index (χ4n) is 2.19. The van der Waals surface area contributed by atoms with Gasteiger partial charge < -0.3 is 10.1 Å². The van der Waals surface area contributed by atoms with Gasteiger partial charge in [0.25, 0.3) is 0 Å². The number of ether oxygens (including phenoxy) is 1. The van der Waals surface area contributed by atoms with E-state index in [2.05, 4.69) is 74.2 Å². The van der Waals surface area contributed by atoms with Crippen molar-refractivity contribution in [3.63, 3.8) is 0 Å². The molecule has 0 heterocycles. The van der Waals surface area contributed by atoms with Crippen LogP contribution in [0.5, 0.6) is 5.75 Å². The average molecular weight is 446 g/mol. The van der Waals surface area contributed by atoms with Gasteiger partial charge in [0.15, 0.2) is 0 Å². The molecule has 1 N–H and O–H groups in total. The van der Waals surface area contributed by atoms with Crippen LogP contribution in [0.2, 0.25) is 0 Å². The average Bonchev–Trinajstić information content (AvgIpc) is 2.45. The zero-order valence-electron chi connectivity index (χ0n) is 11.5. The second-order valence-electron chi connectivity index (χ2n) is 4.39. The summed E-state index contributed by atoms with van der Waals surface area (Å²) in [6.07, 6.45) is 0. The van der Waals surface area contributed by atoms with Gasteiger partial charge in [0.2, 0.25) is 0 Å². The maximum Gasteiger partial charge on any atom is 0.124 e. The summed E-state index contributed by atoms with van der Waals surface area (Å²) >= 11 is 5.86. The highest BCUT2D eigenvalue weighted by molar-refractivity contribution is 14.1. The third kappa shape index (κ3) is 3.74. The van der Waals surface area contributed by atoms with Crippen molar-refractivity contribution in [1.29, 1.82) is 0 Å². The third-order valence-corrected chi connectivity index (χ3v) is 4.29. The quantitative estimate of drug-likeness (QED) is 0.670. The van der Waals surface area contributed by atoms with Crippen molar-refractivity contribution in [2.45, 2.75) is 13.0 Å². The van der Waals surface area contributed by atoms with Gasteiger partial charge in [-0.25, -0.2) is 0 Å². The smallest absolute Gasteiger partial charge is 0.124 e. The Labute approximate surface area is 142 Å². The molecule has 0 aromatic heterocycles. The van der Waals surface area contributed by atoms with E-state index in [1.807, 2.05) is 26.1 Å². The van der Waals surface area contributed by atoms with E-state index in [4.69, 9.17) is 4.74 Å². The van der Waals surface area contributed by atoms with E-state index in [-0.39, 0.29) is 6.04 Å². The second-order valence-corrected chi connectivity index (χ2v) is 6.55. The molecule has 0 radical (unpaired) electrons. The number of benzene rings is 2. The fraction of sp³-hybridized carbons (Fsp3) is 0.250. The predicted octanol–water partition coefficient (Wildman–Crippen LogP) is 4.76. The molecule has 2 rings (SSSR count). The summed E-state index contributed by atoms with van der Waals surface area (Å²) in [6, 6.07) is 14.8. The minimum absolute atomic E-state index is 0.117. The Morgan fingerprint density at radius 2 is 1.90 bits per heavy atom. The van der Waals surface area contributed by atoms with E-state index >= 15 is 0 Å². The van der Waals surface area contributed by atoms with Gasteiger partial charge in [-0.1, -0.05) is 28.1 Å². The molecule has 1 atom stereocenters. The lowest BCUT2D eigenvalue weighted by molar-refractivity contribution is 0.334. The first-order valence-electron chi connectivity index (χ1n) is 6.50. The van der Waals surface area contributed by atoms with Gasteiger partial charge in [-0.3, -0.25) is 0 Å². The SMILES string of the molecule is CCOc1ccc(Br)cc1C(NC)c1ccc(I)cc1. The lowest BCUT2D eigenvalue weighted by Gasteiger charge is -2.21. The molecule has 0 saturated heterocycles. The molecule has 0 saturated carbocycles. The fourth-order valence-corrected chi connectivity index (χ4v) is 2.93. The highest BCUT2D eigenvalue weighted by Gasteiger charge is 2.17. The van der Waals surface area contributed by atoms with Crippen molar-refractivity contribution in [3.05, 3.63) is 61.6 Å². The molecule has 0 aliphatic rings. The zero-order valence-corrected chi connectivity index (χ0v) is 15.2. The largest absolute Gasteiger partial charge is 0.494 e. The minimum atomic E-state index is 0.117. The van der Waals surface area contributed by atoms with Crippen LogP contribution in [0.1, 0.15) is 24.1 Å². The van der Waals surface area contributed by atoms with E-state index in [0.717, 1.165) is 15.8 Å². The standard InChI is InChI=1S/C16H17BrINO/c1-3-20-15-9-6-12(17)10-14(15)16(19-2)11-4-7-13(18)8-5-11/h4-10,16,19H,3H2,1-2H3. The summed E-state index contributed by atoms with van der Waals surface area (Å²) in [7, 11) is 1.97. The number of halogens is 2. The molecule has 0 amide bonds. The van der Waals surface area contributed by atoms with Crippen molar-refractivity contribution < 1.29 is 4.74 Å². The maximum absolute atomic E-state index is 5.76. The third-order valence-electron chi connectivity index (χ3n) is 3.07. The van der Waals surface area contributed by atoms with Gasteiger partial charge in [-0.15, -0.1) is 0 Å². The van der Waals surface area contributed by atoms with Crippen LogP contribution in [0.15, 0.2) is 46.9 Å². The minimum Gasteiger partial charge on any atom is -0.494 e. The Morgan fingerprint density at radius 1 is 1.20 bits per heavy atom. The van der Waals surface area contributed by atoms with Crippen LogP contribution >= 0.6 is 38.5 Å². The monoisotopic (exact) mass is 445 g/mol. The van der Waals surface area contributed by atoms with Crippen LogP contribution in [-0.2, 0) is 0 Å². The molecule has 4 heteroatoms. The van der Waals surface area contributed by atoms with Gasteiger partial charge in [0.1, 0.15) is 5.75 Å². The van der Waals surface area contributed by atoms with Crippen LogP contribution in [0, 0.1) is 3.57 Å². The first-order valence-corrected chi connectivity index (χ1v) is 8.38.